The fourth-order valence-corrected chi connectivity index (χ4v) is 3.65. The summed E-state index contributed by atoms with van der Waals surface area (Å²) >= 11 is 6.16. The van der Waals surface area contributed by atoms with E-state index in [1.807, 2.05) is 50.2 Å². The van der Waals surface area contributed by atoms with Crippen LogP contribution in [0.15, 0.2) is 78.5 Å². The zero-order valence-electron chi connectivity index (χ0n) is 17.2. The lowest BCUT2D eigenvalue weighted by Crippen LogP contribution is -2.32. The molecule has 0 fully saturated rings. The standard InChI is InChI=1S/C25H21ClN2O3/c1-3-31-20-13-11-19(12-14-20)28-24(29)22(17-7-5-4-6-8-17)23(25(28)30)27-21-15-18(26)10-9-16(21)2/h4-15,27H,3H2,1-2H3. The van der Waals surface area contributed by atoms with E-state index in [-0.39, 0.29) is 11.6 Å². The molecule has 0 radical (unpaired) electrons. The summed E-state index contributed by atoms with van der Waals surface area (Å²) < 4.78 is 5.47. The SMILES string of the molecule is CCOc1ccc(N2C(=O)C(Nc3cc(Cl)ccc3C)=C(c3ccccc3)C2=O)cc1. The van der Waals surface area contributed by atoms with Crippen molar-refractivity contribution in [2.24, 2.45) is 0 Å². The van der Waals surface area contributed by atoms with Gasteiger partial charge in [-0.05, 0) is 61.4 Å². The molecule has 3 aromatic rings. The first-order chi connectivity index (χ1) is 15.0. The normalized spacial score (nSPS) is 13.7. The van der Waals surface area contributed by atoms with Crippen LogP contribution >= 0.6 is 11.6 Å². The lowest BCUT2D eigenvalue weighted by molar-refractivity contribution is -0.120. The number of halogens is 1. The van der Waals surface area contributed by atoms with Gasteiger partial charge in [-0.1, -0.05) is 48.0 Å². The number of amides is 2. The second-order valence-corrected chi connectivity index (χ2v) is 7.51. The highest BCUT2D eigenvalue weighted by atomic mass is 35.5. The van der Waals surface area contributed by atoms with E-state index in [9.17, 15) is 9.59 Å². The average molecular weight is 433 g/mol. The number of nitrogens with one attached hydrogen (secondary N) is 1. The summed E-state index contributed by atoms with van der Waals surface area (Å²) in [7, 11) is 0. The highest BCUT2D eigenvalue weighted by Crippen LogP contribution is 2.35. The van der Waals surface area contributed by atoms with Crippen molar-refractivity contribution >= 4 is 40.4 Å². The monoisotopic (exact) mass is 432 g/mol. The van der Waals surface area contributed by atoms with Crippen LogP contribution in [0.2, 0.25) is 5.02 Å². The zero-order valence-corrected chi connectivity index (χ0v) is 17.9. The molecule has 6 heteroatoms. The maximum Gasteiger partial charge on any atom is 0.282 e. The predicted molar refractivity (Wildman–Crippen MR) is 123 cm³/mol. The summed E-state index contributed by atoms with van der Waals surface area (Å²) in [5, 5.41) is 3.71. The highest BCUT2D eigenvalue weighted by Gasteiger charge is 2.40. The van der Waals surface area contributed by atoms with Crippen LogP contribution in [0.4, 0.5) is 11.4 Å². The van der Waals surface area contributed by atoms with Gasteiger partial charge in [-0.15, -0.1) is 0 Å². The van der Waals surface area contributed by atoms with E-state index >= 15 is 0 Å². The van der Waals surface area contributed by atoms with Crippen LogP contribution in [0.5, 0.6) is 5.75 Å². The minimum absolute atomic E-state index is 0.218. The Bertz CT molecular complexity index is 1170. The van der Waals surface area contributed by atoms with Crippen molar-refractivity contribution in [1.29, 1.82) is 0 Å². The Morgan fingerprint density at radius 3 is 2.32 bits per heavy atom. The molecule has 1 aliphatic heterocycles. The van der Waals surface area contributed by atoms with Crippen molar-refractivity contribution in [3.63, 3.8) is 0 Å². The number of anilines is 2. The minimum Gasteiger partial charge on any atom is -0.494 e. The topological polar surface area (TPSA) is 58.6 Å². The van der Waals surface area contributed by atoms with Gasteiger partial charge in [0.2, 0.25) is 0 Å². The molecule has 156 valence electrons. The summed E-state index contributed by atoms with van der Waals surface area (Å²) in [6.45, 7) is 4.34. The molecule has 4 rings (SSSR count). The number of benzene rings is 3. The molecule has 31 heavy (non-hydrogen) atoms. The number of aryl methyl sites for hydroxylation is 1. The molecule has 5 nitrogen and oxygen atoms in total. The number of nitrogens with zero attached hydrogens (tertiary/aromatic N) is 1. The first-order valence-corrected chi connectivity index (χ1v) is 10.3. The Kier molecular flexibility index (Phi) is 5.78. The van der Waals surface area contributed by atoms with E-state index in [0.29, 0.717) is 39.9 Å². The van der Waals surface area contributed by atoms with Crippen molar-refractivity contribution < 1.29 is 14.3 Å². The molecule has 1 aliphatic rings. The van der Waals surface area contributed by atoms with Gasteiger partial charge in [-0.3, -0.25) is 9.59 Å². The van der Waals surface area contributed by atoms with E-state index in [2.05, 4.69) is 5.32 Å². The van der Waals surface area contributed by atoms with Crippen LogP contribution in [0.1, 0.15) is 18.1 Å². The molecule has 1 heterocycles. The molecule has 0 spiro atoms. The molecule has 0 unspecified atom stereocenters. The van der Waals surface area contributed by atoms with Crippen LogP contribution < -0.4 is 15.0 Å². The summed E-state index contributed by atoms with van der Waals surface area (Å²) in [5.41, 5.74) is 3.26. The molecule has 0 saturated heterocycles. The van der Waals surface area contributed by atoms with E-state index in [1.54, 1.807) is 36.4 Å². The fourth-order valence-electron chi connectivity index (χ4n) is 3.47. The Labute approximate surface area is 185 Å². The number of hydrogen-bond acceptors (Lipinski definition) is 4. The predicted octanol–water partition coefficient (Wildman–Crippen LogP) is 5.44. The maximum atomic E-state index is 13.4. The number of hydrogen-bond donors (Lipinski definition) is 1. The van der Waals surface area contributed by atoms with Gasteiger partial charge in [0.15, 0.2) is 0 Å². The average Bonchev–Trinajstić information content (AvgIpc) is 3.02. The number of carbonyl (C=O) groups excluding carboxylic acids is 2. The third kappa shape index (κ3) is 4.05. The third-order valence-corrected chi connectivity index (χ3v) is 5.25. The first-order valence-electron chi connectivity index (χ1n) is 9.94. The van der Waals surface area contributed by atoms with Crippen LogP contribution in [-0.4, -0.2) is 18.4 Å². The Morgan fingerprint density at radius 2 is 1.65 bits per heavy atom. The third-order valence-electron chi connectivity index (χ3n) is 5.01. The van der Waals surface area contributed by atoms with Crippen molar-refractivity contribution in [1.82, 2.24) is 0 Å². The van der Waals surface area contributed by atoms with Crippen LogP contribution in [0, 0.1) is 6.92 Å². The van der Waals surface area contributed by atoms with E-state index in [4.69, 9.17) is 16.3 Å². The van der Waals surface area contributed by atoms with Crippen molar-refractivity contribution in [3.05, 3.63) is 94.6 Å². The van der Waals surface area contributed by atoms with Crippen LogP contribution in [0.3, 0.4) is 0 Å². The van der Waals surface area contributed by atoms with E-state index in [0.717, 1.165) is 5.56 Å². The largest absolute Gasteiger partial charge is 0.494 e. The number of rotatable bonds is 6. The second kappa shape index (κ2) is 8.66. The molecule has 0 aliphatic carbocycles. The Hall–Kier alpha value is -3.57. The lowest BCUT2D eigenvalue weighted by atomic mass is 10.0. The molecule has 0 aromatic heterocycles. The summed E-state index contributed by atoms with van der Waals surface area (Å²) in [4.78, 5) is 28.0. The van der Waals surface area contributed by atoms with Crippen molar-refractivity contribution in [3.8, 4) is 5.75 Å². The minimum atomic E-state index is -0.424. The lowest BCUT2D eigenvalue weighted by Gasteiger charge is -2.16. The fraction of sp³-hybridized carbons (Fsp3) is 0.120. The van der Waals surface area contributed by atoms with E-state index < -0.39 is 5.91 Å². The quantitative estimate of drug-likeness (QED) is 0.526. The highest BCUT2D eigenvalue weighted by molar-refractivity contribution is 6.46. The zero-order chi connectivity index (χ0) is 22.0. The summed E-state index contributed by atoms with van der Waals surface area (Å²) in [6.07, 6.45) is 0. The van der Waals surface area contributed by atoms with Crippen LogP contribution in [0.25, 0.3) is 5.57 Å². The Balaban J connectivity index is 1.78. The van der Waals surface area contributed by atoms with Gasteiger partial charge in [-0.25, -0.2) is 4.90 Å². The smallest absolute Gasteiger partial charge is 0.282 e. The van der Waals surface area contributed by atoms with Gasteiger partial charge in [-0.2, -0.15) is 0 Å². The van der Waals surface area contributed by atoms with Crippen molar-refractivity contribution in [2.45, 2.75) is 13.8 Å². The molecule has 1 N–H and O–H groups in total. The molecule has 2 amide bonds. The van der Waals surface area contributed by atoms with Gasteiger partial charge in [0.05, 0.1) is 17.9 Å². The summed E-state index contributed by atoms with van der Waals surface area (Å²) in [6, 6.07) is 21.4. The molecule has 0 bridgehead atoms. The Morgan fingerprint density at radius 1 is 0.935 bits per heavy atom. The number of imide groups is 1. The number of carbonyl (C=O) groups is 2. The summed E-state index contributed by atoms with van der Waals surface area (Å²) in [5.74, 6) is -0.135. The van der Waals surface area contributed by atoms with Crippen molar-refractivity contribution in [2.75, 3.05) is 16.8 Å². The molecule has 0 atom stereocenters. The second-order valence-electron chi connectivity index (χ2n) is 7.07. The van der Waals surface area contributed by atoms with Gasteiger partial charge in [0.1, 0.15) is 11.4 Å². The van der Waals surface area contributed by atoms with Gasteiger partial charge < -0.3 is 10.1 Å². The van der Waals surface area contributed by atoms with Gasteiger partial charge in [0.25, 0.3) is 11.8 Å². The number of ether oxygens (including phenoxy) is 1. The van der Waals surface area contributed by atoms with Crippen LogP contribution in [-0.2, 0) is 9.59 Å². The first kappa shape index (κ1) is 20.7. The van der Waals surface area contributed by atoms with Gasteiger partial charge >= 0.3 is 0 Å². The van der Waals surface area contributed by atoms with E-state index in [1.165, 1.54) is 4.90 Å². The van der Waals surface area contributed by atoms with Gasteiger partial charge in [0, 0.05) is 10.7 Å². The molecule has 3 aromatic carbocycles. The molecular weight excluding hydrogens is 412 g/mol. The molecular formula is C25H21ClN2O3. The maximum absolute atomic E-state index is 13.4. The molecule has 0 saturated carbocycles.